The van der Waals surface area contributed by atoms with Crippen molar-refractivity contribution in [3.05, 3.63) is 17.9 Å². The number of benzene rings is 1. The number of nitrogen functional groups attached to an aromatic ring is 1. The normalized spacial score (nSPS) is 18.1. The standard InChI is InChI=1S/C15H23FN2O2/c1-3-20-15-9-14(13(17)8-12(15)16)18-6-4-11(5-7-18)10(2)19/h8-11,19H,3-7,17H2,1-2H3. The van der Waals surface area contributed by atoms with E-state index in [-0.39, 0.29) is 11.9 Å². The molecule has 1 aromatic carbocycles. The Labute approximate surface area is 119 Å². The van der Waals surface area contributed by atoms with Crippen LogP contribution in [0, 0.1) is 11.7 Å². The van der Waals surface area contributed by atoms with Gasteiger partial charge in [0.1, 0.15) is 0 Å². The van der Waals surface area contributed by atoms with Gasteiger partial charge in [0.15, 0.2) is 11.6 Å². The van der Waals surface area contributed by atoms with Crippen molar-refractivity contribution in [2.75, 3.05) is 30.3 Å². The molecule has 1 saturated heterocycles. The number of ether oxygens (including phenoxy) is 1. The third-order valence-electron chi connectivity index (χ3n) is 3.94. The molecule has 1 aliphatic rings. The molecule has 3 N–H and O–H groups in total. The summed E-state index contributed by atoms with van der Waals surface area (Å²) in [6.45, 7) is 5.71. The van der Waals surface area contributed by atoms with Crippen molar-refractivity contribution in [3.63, 3.8) is 0 Å². The topological polar surface area (TPSA) is 58.7 Å². The van der Waals surface area contributed by atoms with Gasteiger partial charge in [0.05, 0.1) is 24.1 Å². The molecule has 1 unspecified atom stereocenters. The van der Waals surface area contributed by atoms with Crippen LogP contribution in [0.15, 0.2) is 12.1 Å². The van der Waals surface area contributed by atoms with Crippen molar-refractivity contribution in [2.45, 2.75) is 32.8 Å². The van der Waals surface area contributed by atoms with Crippen LogP contribution < -0.4 is 15.4 Å². The molecule has 0 saturated carbocycles. The molecular weight excluding hydrogens is 259 g/mol. The van der Waals surface area contributed by atoms with Crippen LogP contribution in [0.1, 0.15) is 26.7 Å². The predicted molar refractivity (Wildman–Crippen MR) is 78.6 cm³/mol. The highest BCUT2D eigenvalue weighted by Crippen LogP contribution is 2.34. The van der Waals surface area contributed by atoms with Crippen LogP contribution in [0.5, 0.6) is 5.75 Å². The van der Waals surface area contributed by atoms with Gasteiger partial charge in [0, 0.05) is 25.2 Å². The summed E-state index contributed by atoms with van der Waals surface area (Å²) in [5.41, 5.74) is 7.18. The lowest BCUT2D eigenvalue weighted by Gasteiger charge is -2.35. The number of aliphatic hydroxyl groups excluding tert-OH is 1. The van der Waals surface area contributed by atoms with Gasteiger partial charge in [-0.25, -0.2) is 4.39 Å². The summed E-state index contributed by atoms with van der Waals surface area (Å²) in [6.07, 6.45) is 1.55. The van der Waals surface area contributed by atoms with Gasteiger partial charge in [0.2, 0.25) is 0 Å². The Balaban J connectivity index is 2.15. The largest absolute Gasteiger partial charge is 0.491 e. The van der Waals surface area contributed by atoms with Crippen molar-refractivity contribution in [1.29, 1.82) is 0 Å². The van der Waals surface area contributed by atoms with E-state index in [2.05, 4.69) is 4.90 Å². The molecule has 1 fully saturated rings. The first-order valence-corrected chi connectivity index (χ1v) is 7.17. The minimum Gasteiger partial charge on any atom is -0.491 e. The molecular formula is C15H23FN2O2. The molecule has 1 heterocycles. The van der Waals surface area contributed by atoms with Gasteiger partial charge in [-0.2, -0.15) is 0 Å². The Morgan fingerprint density at radius 1 is 1.45 bits per heavy atom. The number of hydrogen-bond acceptors (Lipinski definition) is 4. The minimum atomic E-state index is -0.424. The lowest BCUT2D eigenvalue weighted by Crippen LogP contribution is -2.37. The van der Waals surface area contributed by atoms with E-state index in [0.717, 1.165) is 31.6 Å². The zero-order chi connectivity index (χ0) is 14.7. The molecule has 112 valence electrons. The fraction of sp³-hybridized carbons (Fsp3) is 0.600. The quantitative estimate of drug-likeness (QED) is 0.833. The highest BCUT2D eigenvalue weighted by Gasteiger charge is 2.24. The second kappa shape index (κ2) is 6.31. The third-order valence-corrected chi connectivity index (χ3v) is 3.94. The highest BCUT2D eigenvalue weighted by atomic mass is 19.1. The molecule has 0 bridgehead atoms. The number of halogens is 1. The average Bonchev–Trinajstić information content (AvgIpc) is 2.42. The molecule has 1 atom stereocenters. The monoisotopic (exact) mass is 282 g/mol. The molecule has 1 aromatic rings. The predicted octanol–water partition coefficient (Wildman–Crippen LogP) is 2.40. The van der Waals surface area contributed by atoms with Gasteiger partial charge in [-0.3, -0.25) is 0 Å². The second-order valence-electron chi connectivity index (χ2n) is 5.34. The van der Waals surface area contributed by atoms with Crippen molar-refractivity contribution in [1.82, 2.24) is 0 Å². The Hall–Kier alpha value is -1.49. The van der Waals surface area contributed by atoms with E-state index in [9.17, 15) is 9.50 Å². The van der Waals surface area contributed by atoms with E-state index in [1.807, 2.05) is 13.8 Å². The molecule has 4 nitrogen and oxygen atoms in total. The van der Waals surface area contributed by atoms with E-state index in [4.69, 9.17) is 10.5 Å². The summed E-state index contributed by atoms with van der Waals surface area (Å²) in [6, 6.07) is 3.00. The average molecular weight is 282 g/mol. The summed E-state index contributed by atoms with van der Waals surface area (Å²) in [5, 5.41) is 9.63. The second-order valence-corrected chi connectivity index (χ2v) is 5.34. The van der Waals surface area contributed by atoms with Crippen molar-refractivity contribution >= 4 is 11.4 Å². The van der Waals surface area contributed by atoms with E-state index in [1.54, 1.807) is 6.07 Å². The van der Waals surface area contributed by atoms with Gasteiger partial charge in [-0.15, -0.1) is 0 Å². The molecule has 20 heavy (non-hydrogen) atoms. The fourth-order valence-corrected chi connectivity index (χ4v) is 2.72. The van der Waals surface area contributed by atoms with Crippen LogP contribution in [0.4, 0.5) is 15.8 Å². The van der Waals surface area contributed by atoms with Crippen LogP contribution >= 0.6 is 0 Å². The van der Waals surface area contributed by atoms with E-state index < -0.39 is 5.82 Å². The first-order chi connectivity index (χ1) is 9.52. The van der Waals surface area contributed by atoms with Gasteiger partial charge >= 0.3 is 0 Å². The Morgan fingerprint density at radius 2 is 2.10 bits per heavy atom. The lowest BCUT2D eigenvalue weighted by molar-refractivity contribution is 0.110. The number of piperidine rings is 1. The Bertz CT molecular complexity index is 457. The fourth-order valence-electron chi connectivity index (χ4n) is 2.72. The number of aliphatic hydroxyl groups is 1. The van der Waals surface area contributed by atoms with Crippen LogP contribution in [-0.2, 0) is 0 Å². The summed E-state index contributed by atoms with van der Waals surface area (Å²) >= 11 is 0. The van der Waals surface area contributed by atoms with Gasteiger partial charge in [-0.05, 0) is 32.6 Å². The summed E-state index contributed by atoms with van der Waals surface area (Å²) in [7, 11) is 0. The molecule has 2 rings (SSSR count). The Kier molecular flexibility index (Phi) is 4.70. The number of rotatable bonds is 4. The molecule has 0 spiro atoms. The van der Waals surface area contributed by atoms with E-state index >= 15 is 0 Å². The molecule has 0 aliphatic carbocycles. The first-order valence-electron chi connectivity index (χ1n) is 7.17. The highest BCUT2D eigenvalue weighted by molar-refractivity contribution is 5.70. The van der Waals surface area contributed by atoms with Crippen molar-refractivity contribution < 1.29 is 14.2 Å². The van der Waals surface area contributed by atoms with Crippen molar-refractivity contribution in [2.24, 2.45) is 5.92 Å². The minimum absolute atomic E-state index is 0.245. The van der Waals surface area contributed by atoms with Crippen molar-refractivity contribution in [3.8, 4) is 5.75 Å². The number of anilines is 2. The lowest BCUT2D eigenvalue weighted by atomic mass is 9.92. The van der Waals surface area contributed by atoms with Gasteiger partial charge in [0.25, 0.3) is 0 Å². The van der Waals surface area contributed by atoms with Gasteiger partial charge in [-0.1, -0.05) is 0 Å². The Morgan fingerprint density at radius 3 is 2.65 bits per heavy atom. The summed E-state index contributed by atoms with van der Waals surface area (Å²) in [5.74, 6) is 0.153. The molecule has 0 aromatic heterocycles. The smallest absolute Gasteiger partial charge is 0.167 e. The SMILES string of the molecule is CCOc1cc(N2CCC(C(C)O)CC2)c(N)cc1F. The third kappa shape index (κ3) is 3.15. The molecule has 5 heteroatoms. The zero-order valence-corrected chi connectivity index (χ0v) is 12.1. The first kappa shape index (κ1) is 14.9. The van der Waals surface area contributed by atoms with Gasteiger partial charge < -0.3 is 20.5 Å². The molecule has 0 amide bonds. The maximum Gasteiger partial charge on any atom is 0.167 e. The number of hydrogen-bond donors (Lipinski definition) is 2. The van der Waals surface area contributed by atoms with Crippen LogP contribution in [0.2, 0.25) is 0 Å². The van der Waals surface area contributed by atoms with Crippen LogP contribution in [0.3, 0.4) is 0 Å². The summed E-state index contributed by atoms with van der Waals surface area (Å²) in [4.78, 5) is 2.14. The maximum absolute atomic E-state index is 13.7. The number of nitrogens with two attached hydrogens (primary N) is 1. The maximum atomic E-state index is 13.7. The molecule has 1 aliphatic heterocycles. The zero-order valence-electron chi connectivity index (χ0n) is 12.1. The van der Waals surface area contributed by atoms with Crippen LogP contribution in [0.25, 0.3) is 0 Å². The van der Waals surface area contributed by atoms with E-state index in [0.29, 0.717) is 18.2 Å². The van der Waals surface area contributed by atoms with Crippen LogP contribution in [-0.4, -0.2) is 30.9 Å². The molecule has 0 radical (unpaired) electrons. The summed E-state index contributed by atoms with van der Waals surface area (Å²) < 4.78 is 19.0. The number of nitrogens with zero attached hydrogens (tertiary/aromatic N) is 1. The van der Waals surface area contributed by atoms with E-state index in [1.165, 1.54) is 6.07 Å².